The van der Waals surface area contributed by atoms with Gasteiger partial charge in [0.05, 0.1) is 17.2 Å². The normalized spacial score (nSPS) is 12.8. The second kappa shape index (κ2) is 9.39. The lowest BCUT2D eigenvalue weighted by atomic mass is 10.1. The Morgan fingerprint density at radius 1 is 1.22 bits per heavy atom. The molecule has 0 aromatic heterocycles. The summed E-state index contributed by atoms with van der Waals surface area (Å²) in [6, 6.07) is 12.1. The molecular weight excluding hydrogens is 384 g/mol. The third-order valence-corrected chi connectivity index (χ3v) is 3.85. The molecule has 0 saturated heterocycles. The smallest absolute Gasteiger partial charge is 0.379 e. The van der Waals surface area contributed by atoms with E-state index in [9.17, 15) is 27.5 Å². The topological polar surface area (TPSA) is 73.1 Å². The van der Waals surface area contributed by atoms with Crippen LogP contribution in [0.15, 0.2) is 48.5 Å². The third kappa shape index (κ3) is 6.92. The van der Waals surface area contributed by atoms with Crippen LogP contribution in [-0.4, -0.2) is 22.4 Å². The highest BCUT2D eigenvalue weighted by Crippen LogP contribution is 2.33. The van der Waals surface area contributed by atoms with Gasteiger partial charge in [-0.2, -0.15) is 31.1 Å². The number of nitriles is 1. The number of hydrogen-bond donors (Lipinski definition) is 3. The summed E-state index contributed by atoms with van der Waals surface area (Å²) in [6.07, 6.45) is -4.71. The van der Waals surface area contributed by atoms with Crippen LogP contribution in [0.3, 0.4) is 0 Å². The number of alkyl halides is 3. The maximum atomic E-state index is 12.7. The summed E-state index contributed by atoms with van der Waals surface area (Å²) in [6.45, 7) is 1.18. The first-order chi connectivity index (χ1) is 12.5. The van der Waals surface area contributed by atoms with Gasteiger partial charge in [0, 0.05) is 11.4 Å². The summed E-state index contributed by atoms with van der Waals surface area (Å²) in [5.74, 6) is -1.26. The van der Waals surface area contributed by atoms with Crippen molar-refractivity contribution in [3.63, 3.8) is 0 Å². The van der Waals surface area contributed by atoms with Crippen molar-refractivity contribution in [1.82, 2.24) is 0 Å². The number of carbonyl (C=O) groups is 1. The number of thiol groups is 1. The number of anilines is 1. The summed E-state index contributed by atoms with van der Waals surface area (Å²) in [4.78, 5) is 11.6. The van der Waals surface area contributed by atoms with E-state index in [0.29, 0.717) is 6.07 Å². The largest absolute Gasteiger partial charge is 0.417 e. The number of carbonyl (C=O) groups excluding carboxylic acids is 1. The van der Waals surface area contributed by atoms with Gasteiger partial charge < -0.3 is 10.4 Å². The maximum absolute atomic E-state index is 12.7. The molecule has 2 rings (SSSR count). The zero-order chi connectivity index (χ0) is 20.7. The van der Waals surface area contributed by atoms with Crippen LogP contribution in [0.25, 0.3) is 0 Å². The molecule has 1 amide bonds. The standard InChI is InChI=1S/C12H11F3N2O2S.C6H5F/c1-11(19,6-20)10(18)17-8-3-2-7(5-16)9(4-8)12(13,14)15;7-6-4-2-1-3-5-6/h2-4,19-20H,6H2,1H3,(H,17,18);1-5H. The molecule has 0 radical (unpaired) electrons. The number of benzene rings is 2. The second-order valence-electron chi connectivity index (χ2n) is 5.55. The Morgan fingerprint density at radius 2 is 1.81 bits per heavy atom. The lowest BCUT2D eigenvalue weighted by Crippen LogP contribution is -2.41. The molecule has 0 spiro atoms. The molecule has 0 fully saturated rings. The first-order valence-corrected chi connectivity index (χ1v) is 8.11. The lowest BCUT2D eigenvalue weighted by molar-refractivity contribution is -0.137. The molecule has 0 saturated carbocycles. The van der Waals surface area contributed by atoms with Crippen molar-refractivity contribution in [2.75, 3.05) is 11.1 Å². The van der Waals surface area contributed by atoms with Crippen molar-refractivity contribution in [2.24, 2.45) is 0 Å². The molecule has 0 bridgehead atoms. The van der Waals surface area contributed by atoms with Gasteiger partial charge in [-0.15, -0.1) is 0 Å². The summed E-state index contributed by atoms with van der Waals surface area (Å²) >= 11 is 3.77. The molecule has 2 N–H and O–H groups in total. The number of nitrogens with zero attached hydrogens (tertiary/aromatic N) is 1. The van der Waals surface area contributed by atoms with Gasteiger partial charge >= 0.3 is 6.18 Å². The number of rotatable bonds is 3. The highest BCUT2D eigenvalue weighted by Gasteiger charge is 2.34. The van der Waals surface area contributed by atoms with Gasteiger partial charge in [0.25, 0.3) is 5.91 Å². The number of nitrogens with one attached hydrogen (secondary N) is 1. The third-order valence-electron chi connectivity index (χ3n) is 3.23. The Kier molecular flexibility index (Phi) is 7.82. The van der Waals surface area contributed by atoms with Crippen molar-refractivity contribution < 1.29 is 27.5 Å². The first kappa shape index (κ1) is 22.5. The molecule has 2 aromatic carbocycles. The highest BCUT2D eigenvalue weighted by atomic mass is 32.1. The van der Waals surface area contributed by atoms with Crippen LogP contribution in [-0.2, 0) is 11.0 Å². The molecule has 0 aliphatic carbocycles. The van der Waals surface area contributed by atoms with Crippen LogP contribution in [0.1, 0.15) is 18.1 Å². The zero-order valence-corrected chi connectivity index (χ0v) is 15.0. The molecule has 2 aromatic rings. The minimum atomic E-state index is -4.71. The van der Waals surface area contributed by atoms with Gasteiger partial charge in [0.15, 0.2) is 0 Å². The molecule has 9 heteroatoms. The minimum absolute atomic E-state index is 0.164. The van der Waals surface area contributed by atoms with E-state index in [1.807, 2.05) is 0 Å². The number of hydrogen-bond acceptors (Lipinski definition) is 4. The highest BCUT2D eigenvalue weighted by molar-refractivity contribution is 7.80. The van der Waals surface area contributed by atoms with Crippen molar-refractivity contribution in [3.05, 3.63) is 65.5 Å². The molecule has 0 heterocycles. The fourth-order valence-electron chi connectivity index (χ4n) is 1.71. The van der Waals surface area contributed by atoms with Crippen LogP contribution >= 0.6 is 12.6 Å². The average Bonchev–Trinajstić information content (AvgIpc) is 2.62. The molecule has 0 aliphatic heterocycles. The number of aliphatic hydroxyl groups is 1. The lowest BCUT2D eigenvalue weighted by Gasteiger charge is -2.20. The molecule has 1 unspecified atom stereocenters. The van der Waals surface area contributed by atoms with E-state index in [2.05, 4.69) is 17.9 Å². The fraction of sp³-hybridized carbons (Fsp3) is 0.222. The number of amides is 1. The van der Waals surface area contributed by atoms with E-state index in [0.717, 1.165) is 12.1 Å². The van der Waals surface area contributed by atoms with E-state index in [4.69, 9.17) is 5.26 Å². The Labute approximate surface area is 158 Å². The fourth-order valence-corrected chi connectivity index (χ4v) is 1.85. The van der Waals surface area contributed by atoms with Crippen LogP contribution < -0.4 is 5.32 Å². The predicted molar refractivity (Wildman–Crippen MR) is 95.7 cm³/mol. The average molecular weight is 400 g/mol. The Hall–Kier alpha value is -2.57. The van der Waals surface area contributed by atoms with Crippen LogP contribution in [0.4, 0.5) is 23.2 Å². The monoisotopic (exact) mass is 400 g/mol. The summed E-state index contributed by atoms with van der Waals surface area (Å²) in [5.41, 5.74) is -3.67. The summed E-state index contributed by atoms with van der Waals surface area (Å²) in [7, 11) is 0. The molecule has 4 nitrogen and oxygen atoms in total. The van der Waals surface area contributed by atoms with Gasteiger partial charge in [0.2, 0.25) is 0 Å². The van der Waals surface area contributed by atoms with Crippen molar-refractivity contribution in [1.29, 1.82) is 5.26 Å². The molecule has 0 aliphatic rings. The molecule has 1 atom stereocenters. The van der Waals surface area contributed by atoms with Gasteiger partial charge in [-0.1, -0.05) is 18.2 Å². The minimum Gasteiger partial charge on any atom is -0.379 e. The Morgan fingerprint density at radius 3 is 2.22 bits per heavy atom. The van der Waals surface area contributed by atoms with Gasteiger partial charge in [-0.05, 0) is 37.3 Å². The van der Waals surface area contributed by atoms with E-state index >= 15 is 0 Å². The van der Waals surface area contributed by atoms with Gasteiger partial charge in [0.1, 0.15) is 11.4 Å². The van der Waals surface area contributed by atoms with Crippen LogP contribution in [0, 0.1) is 17.1 Å². The SMILES string of the molecule is CC(O)(CS)C(=O)Nc1ccc(C#N)c(C(F)(F)F)c1.Fc1ccccc1. The zero-order valence-electron chi connectivity index (χ0n) is 14.1. The van der Waals surface area contributed by atoms with E-state index < -0.39 is 28.8 Å². The summed E-state index contributed by atoms with van der Waals surface area (Å²) < 4.78 is 50.1. The van der Waals surface area contributed by atoms with E-state index in [1.165, 1.54) is 25.1 Å². The van der Waals surface area contributed by atoms with E-state index in [-0.39, 0.29) is 17.3 Å². The first-order valence-electron chi connectivity index (χ1n) is 7.48. The summed E-state index contributed by atoms with van der Waals surface area (Å²) in [5, 5.41) is 20.4. The van der Waals surface area contributed by atoms with Crippen molar-refractivity contribution >= 4 is 24.2 Å². The van der Waals surface area contributed by atoms with Crippen LogP contribution in [0.2, 0.25) is 0 Å². The van der Waals surface area contributed by atoms with Gasteiger partial charge in [-0.3, -0.25) is 4.79 Å². The van der Waals surface area contributed by atoms with E-state index in [1.54, 1.807) is 18.2 Å². The predicted octanol–water partition coefficient (Wildman–Crippen LogP) is 4.02. The van der Waals surface area contributed by atoms with Crippen molar-refractivity contribution in [3.8, 4) is 6.07 Å². The van der Waals surface area contributed by atoms with Crippen LogP contribution in [0.5, 0.6) is 0 Å². The molecule has 27 heavy (non-hydrogen) atoms. The molecular formula is C18H16F4N2O2S. The second-order valence-corrected chi connectivity index (χ2v) is 5.87. The Balaban J connectivity index is 0.000000433. The quantitative estimate of drug-likeness (QED) is 0.538. The van der Waals surface area contributed by atoms with Gasteiger partial charge in [-0.25, -0.2) is 4.39 Å². The van der Waals surface area contributed by atoms with Crippen molar-refractivity contribution in [2.45, 2.75) is 18.7 Å². The number of halogens is 4. The Bertz CT molecular complexity index is 818. The maximum Gasteiger partial charge on any atom is 0.417 e. The molecule has 144 valence electrons.